The molecule has 2 aromatic heterocycles. The average molecular weight is 479 g/mol. The molecule has 7 nitrogen and oxygen atoms in total. The quantitative estimate of drug-likeness (QED) is 0.436. The van der Waals surface area contributed by atoms with Gasteiger partial charge in [-0.3, -0.25) is 13.6 Å². The number of amides is 1. The highest BCUT2D eigenvalue weighted by Crippen LogP contribution is 2.29. The fourth-order valence-electron chi connectivity index (χ4n) is 4.06. The third-order valence-corrected chi connectivity index (χ3v) is 7.20. The van der Waals surface area contributed by atoms with Crippen molar-refractivity contribution in [1.29, 1.82) is 0 Å². The van der Waals surface area contributed by atoms with Gasteiger partial charge in [0.05, 0.1) is 34.4 Å². The van der Waals surface area contributed by atoms with Gasteiger partial charge in [-0.05, 0) is 18.2 Å². The first-order valence-electron chi connectivity index (χ1n) is 11.0. The Kier molecular flexibility index (Phi) is 6.21. The molecule has 1 unspecified atom stereocenters. The minimum absolute atomic E-state index is 0.0769. The highest BCUT2D eigenvalue weighted by atomic mass is 32.2. The topological polar surface area (TPSA) is 77.3 Å². The summed E-state index contributed by atoms with van der Waals surface area (Å²) in [7, 11) is -1.21. The van der Waals surface area contributed by atoms with Crippen molar-refractivity contribution in [2.75, 3.05) is 32.1 Å². The zero-order valence-electron chi connectivity index (χ0n) is 18.6. The van der Waals surface area contributed by atoms with Crippen molar-refractivity contribution < 1.29 is 18.1 Å². The predicted octanol–water partition coefficient (Wildman–Crippen LogP) is 3.83. The first kappa shape index (κ1) is 22.4. The summed E-state index contributed by atoms with van der Waals surface area (Å²) < 4.78 is 34.0. The van der Waals surface area contributed by atoms with Gasteiger partial charge in [0, 0.05) is 59.5 Å². The molecule has 5 rings (SSSR count). The summed E-state index contributed by atoms with van der Waals surface area (Å²) in [6.07, 6.45) is 4.88. The SMILES string of the molecule is CCS(=O)c1cn(-c2ncc(-c3ccccc3F)cn2)c2cc(C(=O)N3CCOCC3)ccc12. The van der Waals surface area contributed by atoms with Crippen LogP contribution in [0.1, 0.15) is 17.3 Å². The lowest BCUT2D eigenvalue weighted by Gasteiger charge is -2.26. The van der Waals surface area contributed by atoms with Crippen molar-refractivity contribution >= 4 is 27.6 Å². The van der Waals surface area contributed by atoms with E-state index in [2.05, 4.69) is 9.97 Å². The van der Waals surface area contributed by atoms with Crippen LogP contribution in [0.5, 0.6) is 0 Å². The van der Waals surface area contributed by atoms with E-state index in [-0.39, 0.29) is 11.7 Å². The summed E-state index contributed by atoms with van der Waals surface area (Å²) in [6, 6.07) is 11.8. The van der Waals surface area contributed by atoms with Gasteiger partial charge < -0.3 is 9.64 Å². The molecule has 1 aliphatic rings. The standard InChI is InChI=1S/C25H23FN4O3S/c1-2-34(32)23-16-30(25-27-14-18(15-28-25)19-5-3-4-6-21(19)26)22-13-17(7-8-20(22)23)24(31)29-9-11-33-12-10-29/h3-8,13-16H,2,9-12H2,1H3. The second-order valence-electron chi connectivity index (χ2n) is 7.89. The number of hydrogen-bond acceptors (Lipinski definition) is 5. The molecule has 0 bridgehead atoms. The zero-order chi connectivity index (χ0) is 23.7. The molecule has 3 heterocycles. The van der Waals surface area contributed by atoms with Gasteiger partial charge in [0.25, 0.3) is 5.91 Å². The van der Waals surface area contributed by atoms with Crippen LogP contribution in [-0.4, -0.2) is 61.6 Å². The summed E-state index contributed by atoms with van der Waals surface area (Å²) in [6.45, 7) is 3.99. The van der Waals surface area contributed by atoms with E-state index in [1.807, 2.05) is 13.0 Å². The Balaban J connectivity index is 1.58. The molecule has 0 aliphatic carbocycles. The highest BCUT2D eigenvalue weighted by molar-refractivity contribution is 7.85. The van der Waals surface area contributed by atoms with Gasteiger partial charge in [0.15, 0.2) is 0 Å². The maximum absolute atomic E-state index is 14.2. The van der Waals surface area contributed by atoms with Crippen LogP contribution < -0.4 is 0 Å². The fourth-order valence-corrected chi connectivity index (χ4v) is 5.01. The monoisotopic (exact) mass is 478 g/mol. The van der Waals surface area contributed by atoms with Crippen LogP contribution in [0.4, 0.5) is 4.39 Å². The van der Waals surface area contributed by atoms with Crippen molar-refractivity contribution in [3.8, 4) is 17.1 Å². The van der Waals surface area contributed by atoms with E-state index >= 15 is 0 Å². The molecule has 0 radical (unpaired) electrons. The molecule has 2 aromatic carbocycles. The Labute approximate surface area is 198 Å². The summed E-state index contributed by atoms with van der Waals surface area (Å²) in [4.78, 5) is 24.4. The van der Waals surface area contributed by atoms with Gasteiger partial charge >= 0.3 is 0 Å². The summed E-state index contributed by atoms with van der Waals surface area (Å²) in [5, 5.41) is 0.778. The van der Waals surface area contributed by atoms with Crippen LogP contribution in [0.15, 0.2) is 66.0 Å². The number of benzene rings is 2. The molecule has 1 saturated heterocycles. The number of fused-ring (bicyclic) bond motifs is 1. The number of rotatable bonds is 5. The molecule has 34 heavy (non-hydrogen) atoms. The first-order chi connectivity index (χ1) is 16.6. The zero-order valence-corrected chi connectivity index (χ0v) is 19.4. The molecule has 0 spiro atoms. The van der Waals surface area contributed by atoms with Crippen molar-refractivity contribution in [2.45, 2.75) is 11.8 Å². The molecule has 0 saturated carbocycles. The molecule has 1 fully saturated rings. The predicted molar refractivity (Wildman–Crippen MR) is 128 cm³/mol. The third-order valence-electron chi connectivity index (χ3n) is 5.86. The minimum Gasteiger partial charge on any atom is -0.378 e. The van der Waals surface area contributed by atoms with Gasteiger partial charge in [0.1, 0.15) is 5.82 Å². The van der Waals surface area contributed by atoms with Gasteiger partial charge in [0.2, 0.25) is 5.95 Å². The molecule has 1 atom stereocenters. The minimum atomic E-state index is -1.21. The van der Waals surface area contributed by atoms with Gasteiger partial charge in [-0.1, -0.05) is 31.2 Å². The molecule has 4 aromatic rings. The highest BCUT2D eigenvalue weighted by Gasteiger charge is 2.21. The first-order valence-corrected chi connectivity index (χ1v) is 12.4. The van der Waals surface area contributed by atoms with E-state index in [4.69, 9.17) is 4.74 Å². The van der Waals surface area contributed by atoms with Crippen molar-refractivity contribution in [1.82, 2.24) is 19.4 Å². The number of hydrogen-bond donors (Lipinski definition) is 0. The van der Waals surface area contributed by atoms with Crippen molar-refractivity contribution in [2.24, 2.45) is 0 Å². The average Bonchev–Trinajstić information content (AvgIpc) is 3.27. The lowest BCUT2D eigenvalue weighted by atomic mass is 10.1. The van der Waals surface area contributed by atoms with Crippen LogP contribution in [-0.2, 0) is 15.5 Å². The Morgan fingerprint density at radius 2 is 1.85 bits per heavy atom. The summed E-state index contributed by atoms with van der Waals surface area (Å²) in [5.74, 6) is 0.380. The van der Waals surface area contributed by atoms with E-state index in [0.717, 1.165) is 5.39 Å². The maximum Gasteiger partial charge on any atom is 0.254 e. The van der Waals surface area contributed by atoms with Crippen LogP contribution in [0.2, 0.25) is 0 Å². The van der Waals surface area contributed by atoms with Crippen LogP contribution >= 0.6 is 0 Å². The Morgan fingerprint density at radius 1 is 1.12 bits per heavy atom. The molecule has 9 heteroatoms. The third kappa shape index (κ3) is 4.12. The van der Waals surface area contributed by atoms with Crippen LogP contribution in [0, 0.1) is 5.82 Å². The number of ether oxygens (including phenoxy) is 1. The lowest BCUT2D eigenvalue weighted by molar-refractivity contribution is 0.0303. The number of aromatic nitrogens is 3. The Bertz CT molecular complexity index is 1380. The second kappa shape index (κ2) is 9.44. The van der Waals surface area contributed by atoms with E-state index < -0.39 is 10.8 Å². The fraction of sp³-hybridized carbons (Fsp3) is 0.240. The van der Waals surface area contributed by atoms with Crippen LogP contribution in [0.3, 0.4) is 0 Å². The smallest absolute Gasteiger partial charge is 0.254 e. The molecular weight excluding hydrogens is 455 g/mol. The van der Waals surface area contributed by atoms with E-state index in [1.165, 1.54) is 6.07 Å². The molecule has 1 aliphatic heterocycles. The lowest BCUT2D eigenvalue weighted by Crippen LogP contribution is -2.40. The van der Waals surface area contributed by atoms with Gasteiger partial charge in [-0.15, -0.1) is 0 Å². The number of morpholine rings is 1. The van der Waals surface area contributed by atoms with Crippen molar-refractivity contribution in [3.05, 3.63) is 72.4 Å². The number of halogens is 1. The van der Waals surface area contributed by atoms with E-state index in [0.29, 0.717) is 65.1 Å². The van der Waals surface area contributed by atoms with Crippen LogP contribution in [0.25, 0.3) is 28.0 Å². The van der Waals surface area contributed by atoms with Crippen molar-refractivity contribution in [3.63, 3.8) is 0 Å². The number of carbonyl (C=O) groups is 1. The van der Waals surface area contributed by atoms with Gasteiger partial charge in [-0.2, -0.15) is 0 Å². The number of carbonyl (C=O) groups excluding carboxylic acids is 1. The van der Waals surface area contributed by atoms with E-state index in [9.17, 15) is 13.4 Å². The maximum atomic E-state index is 14.2. The molecule has 0 N–H and O–H groups in total. The summed E-state index contributed by atoms with van der Waals surface area (Å²) >= 11 is 0. The Morgan fingerprint density at radius 3 is 2.56 bits per heavy atom. The summed E-state index contributed by atoms with van der Waals surface area (Å²) in [5.41, 5.74) is 2.19. The van der Waals surface area contributed by atoms with E-state index in [1.54, 1.807) is 58.4 Å². The normalized spacial score (nSPS) is 14.9. The largest absolute Gasteiger partial charge is 0.378 e. The molecular formula is C25H23FN4O3S. The molecule has 1 amide bonds. The van der Waals surface area contributed by atoms with Gasteiger partial charge in [-0.25, -0.2) is 14.4 Å². The molecule has 174 valence electrons. The second-order valence-corrected chi connectivity index (χ2v) is 9.59. The number of nitrogens with zero attached hydrogens (tertiary/aromatic N) is 4. The Hall–Kier alpha value is -3.43.